The van der Waals surface area contributed by atoms with Crippen molar-refractivity contribution in [3.63, 3.8) is 0 Å². The number of unbranched alkanes of at least 4 members (excludes halogenated alkanes) is 2. The average molecular weight is 933 g/mol. The van der Waals surface area contributed by atoms with Gasteiger partial charge in [-0.3, -0.25) is 25.0 Å². The topological polar surface area (TPSA) is 215 Å². The number of hydrogen-bond acceptors (Lipinski definition) is 14. The first kappa shape index (κ1) is 47.7. The van der Waals surface area contributed by atoms with E-state index in [4.69, 9.17) is 33.7 Å². The van der Waals surface area contributed by atoms with E-state index in [9.17, 15) is 30.4 Å². The van der Waals surface area contributed by atoms with Crippen LogP contribution < -0.4 is 18.9 Å². The van der Waals surface area contributed by atoms with E-state index < -0.39 is 27.6 Å². The molecule has 2 N–H and O–H groups in total. The fourth-order valence-corrected chi connectivity index (χ4v) is 10.2. The number of fused-ring (bicyclic) bond motifs is 3. The Labute approximate surface area is 393 Å². The third kappa shape index (κ3) is 9.91. The number of rotatable bonds is 22. The first-order chi connectivity index (χ1) is 33.1. The second-order valence-corrected chi connectivity index (χ2v) is 17.4. The van der Waals surface area contributed by atoms with Gasteiger partial charge in [-0.25, -0.2) is 0 Å². The maximum atomic E-state index is 15.2. The molecule has 0 unspecified atom stereocenters. The zero-order valence-electron chi connectivity index (χ0n) is 37.9. The summed E-state index contributed by atoms with van der Waals surface area (Å²) in [7, 11) is 0. The molecule has 17 nitrogen and oxygen atoms in total. The molecule has 2 aliphatic carbocycles. The molecule has 358 valence electrons. The van der Waals surface area contributed by atoms with Gasteiger partial charge in [-0.15, -0.1) is 6.58 Å². The lowest BCUT2D eigenvalue weighted by Crippen LogP contribution is -2.70. The SMILES string of the molecule is C=CCO[C@@]12Oc3ccc(Oc4cccc([N+](=O)[O-])c4)cc3[C@H]3[C@H](CCCCO)[C@@H](CCCCO)C=C(C(=NOCc4ccc([N+](=O)[O-])cc4)C[C@@H]1N(CCC)C(=O)c1ccc4c(c1)OCO4)[C@H]32. The van der Waals surface area contributed by atoms with Crippen molar-refractivity contribution in [1.29, 1.82) is 0 Å². The minimum atomic E-state index is -1.54. The molecule has 0 aromatic heterocycles. The Kier molecular flexibility index (Phi) is 15.0. The fourth-order valence-electron chi connectivity index (χ4n) is 10.2. The minimum Gasteiger partial charge on any atom is -0.459 e. The normalized spacial score (nSPS) is 22.5. The molecule has 0 radical (unpaired) electrons. The third-order valence-corrected chi connectivity index (χ3v) is 13.2. The van der Waals surface area contributed by atoms with Gasteiger partial charge in [0.1, 0.15) is 29.9 Å². The van der Waals surface area contributed by atoms with E-state index in [0.29, 0.717) is 78.5 Å². The van der Waals surface area contributed by atoms with Crippen molar-refractivity contribution in [3.8, 4) is 28.7 Å². The number of carbonyl (C=O) groups is 1. The summed E-state index contributed by atoms with van der Waals surface area (Å²) >= 11 is 0. The van der Waals surface area contributed by atoms with Gasteiger partial charge in [-0.05, 0) is 110 Å². The molecule has 4 aliphatic rings. The van der Waals surface area contributed by atoms with Crippen LogP contribution in [-0.4, -0.2) is 81.6 Å². The average Bonchev–Trinajstić information content (AvgIpc) is 3.82. The van der Waals surface area contributed by atoms with Crippen molar-refractivity contribution in [2.75, 3.05) is 33.2 Å². The number of hydrogen-bond donors (Lipinski definition) is 2. The van der Waals surface area contributed by atoms with Crippen LogP contribution in [0.4, 0.5) is 11.4 Å². The number of allylic oxidation sites excluding steroid dienone is 1. The van der Waals surface area contributed by atoms with Crippen LogP contribution in [0.2, 0.25) is 0 Å². The van der Waals surface area contributed by atoms with Crippen molar-refractivity contribution in [2.45, 2.75) is 82.6 Å². The summed E-state index contributed by atoms with van der Waals surface area (Å²) < 4.78 is 32.1. The van der Waals surface area contributed by atoms with Gasteiger partial charge in [0.15, 0.2) is 11.5 Å². The molecule has 1 amide bonds. The molecular weight excluding hydrogens is 877 g/mol. The number of nitro benzene ring substituents is 2. The molecule has 0 saturated heterocycles. The Morgan fingerprint density at radius 1 is 0.897 bits per heavy atom. The number of aliphatic hydroxyl groups is 2. The molecule has 4 aromatic rings. The number of nitro groups is 2. The number of oxime groups is 1. The molecule has 1 saturated carbocycles. The van der Waals surface area contributed by atoms with E-state index in [2.05, 4.69) is 12.7 Å². The summed E-state index contributed by atoms with van der Waals surface area (Å²) in [4.78, 5) is 45.3. The standard InChI is InChI=1S/C51H56N4O13/c1-3-22-53(50(58)35-16-20-45-46(27-35)64-32-63-45)47-30-43(52-66-31-33-14-17-36(18-15-33)54(59)60)41-26-34(10-5-7-23-56)40(13-6-8-24-57)48-42-29-39(67-38-12-9-11-37(28-38)55(61)62)19-21-44(42)68-51(47,49(41)48)65-25-4-2/h4,9,11-12,14-21,26-29,34,40,47-49,56-57H,2-3,5-8,10,13,22-25,30-32H2,1H3/t34-,40+,47-,48+,49+,51+/m0/s1. The second-order valence-electron chi connectivity index (χ2n) is 17.4. The molecule has 8 rings (SSSR count). The predicted molar refractivity (Wildman–Crippen MR) is 250 cm³/mol. The lowest BCUT2D eigenvalue weighted by Gasteiger charge is -2.60. The van der Waals surface area contributed by atoms with E-state index in [-0.39, 0.29) is 80.4 Å². The summed E-state index contributed by atoms with van der Waals surface area (Å²) in [6.45, 7) is 6.47. The van der Waals surface area contributed by atoms with Crippen LogP contribution >= 0.6 is 0 Å². The monoisotopic (exact) mass is 932 g/mol. The Balaban J connectivity index is 1.32. The highest BCUT2D eigenvalue weighted by Gasteiger charge is 2.65. The van der Waals surface area contributed by atoms with Crippen molar-refractivity contribution in [1.82, 2.24) is 4.90 Å². The Hall–Kier alpha value is -6.82. The maximum Gasteiger partial charge on any atom is 0.273 e. The quantitative estimate of drug-likeness (QED) is 0.0326. The lowest BCUT2D eigenvalue weighted by molar-refractivity contribution is -0.385. The number of benzene rings is 4. The zero-order valence-corrected chi connectivity index (χ0v) is 37.9. The Bertz CT molecular complexity index is 2550. The van der Waals surface area contributed by atoms with Gasteiger partial charge in [0.2, 0.25) is 12.6 Å². The highest BCUT2D eigenvalue weighted by atomic mass is 16.7. The smallest absolute Gasteiger partial charge is 0.273 e. The first-order valence-corrected chi connectivity index (χ1v) is 23.2. The molecule has 17 heteroatoms. The Morgan fingerprint density at radius 2 is 1.63 bits per heavy atom. The van der Waals surface area contributed by atoms with Crippen molar-refractivity contribution >= 4 is 23.0 Å². The van der Waals surface area contributed by atoms with Crippen molar-refractivity contribution in [2.24, 2.45) is 22.9 Å². The van der Waals surface area contributed by atoms with Crippen molar-refractivity contribution < 1.29 is 53.4 Å². The van der Waals surface area contributed by atoms with E-state index >= 15 is 4.79 Å². The number of aliphatic hydroxyl groups excluding tert-OH is 2. The first-order valence-electron chi connectivity index (χ1n) is 23.2. The number of non-ortho nitro benzene ring substituents is 2. The van der Waals surface area contributed by atoms with Crippen LogP contribution in [0.25, 0.3) is 0 Å². The van der Waals surface area contributed by atoms with Crippen LogP contribution in [0.1, 0.15) is 85.7 Å². The van der Waals surface area contributed by atoms with E-state index in [0.717, 1.165) is 24.0 Å². The highest BCUT2D eigenvalue weighted by Crippen LogP contribution is 2.62. The van der Waals surface area contributed by atoms with Crippen LogP contribution in [0, 0.1) is 38.0 Å². The molecule has 6 atom stereocenters. The number of carbonyl (C=O) groups excluding carboxylic acids is 1. The van der Waals surface area contributed by atoms with E-state index in [1.165, 1.54) is 24.3 Å². The number of nitrogens with zero attached hydrogens (tertiary/aromatic N) is 4. The second kappa shape index (κ2) is 21.4. The minimum absolute atomic E-state index is 0.00182. The van der Waals surface area contributed by atoms with Gasteiger partial charge in [0, 0.05) is 61.4 Å². The van der Waals surface area contributed by atoms with E-state index in [1.54, 1.807) is 59.5 Å². The summed E-state index contributed by atoms with van der Waals surface area (Å²) in [5.41, 5.74) is 3.06. The highest BCUT2D eigenvalue weighted by molar-refractivity contribution is 6.03. The largest absolute Gasteiger partial charge is 0.459 e. The fraction of sp³-hybridized carbons (Fsp3) is 0.412. The van der Waals surface area contributed by atoms with E-state index in [1.807, 2.05) is 19.1 Å². The van der Waals surface area contributed by atoms with Crippen molar-refractivity contribution in [3.05, 3.63) is 146 Å². The summed E-state index contributed by atoms with van der Waals surface area (Å²) in [5.74, 6) is -0.763. The van der Waals surface area contributed by atoms with Crippen LogP contribution in [0.3, 0.4) is 0 Å². The number of ether oxygens (including phenoxy) is 5. The number of amides is 1. The van der Waals surface area contributed by atoms with Gasteiger partial charge < -0.3 is 43.6 Å². The van der Waals surface area contributed by atoms with Crippen LogP contribution in [0.5, 0.6) is 28.7 Å². The van der Waals surface area contributed by atoms with Crippen LogP contribution in [0.15, 0.2) is 114 Å². The lowest BCUT2D eigenvalue weighted by atomic mass is 9.55. The summed E-state index contributed by atoms with van der Waals surface area (Å²) in [6, 6.07) is 21.8. The third-order valence-electron chi connectivity index (χ3n) is 13.2. The molecule has 4 aromatic carbocycles. The molecule has 0 bridgehead atoms. The molecule has 0 spiro atoms. The summed E-state index contributed by atoms with van der Waals surface area (Å²) in [6.07, 6.45) is 8.65. The van der Waals surface area contributed by atoms with Gasteiger partial charge >= 0.3 is 0 Å². The van der Waals surface area contributed by atoms with Gasteiger partial charge in [-0.1, -0.05) is 43.1 Å². The van der Waals surface area contributed by atoms with Gasteiger partial charge in [0.25, 0.3) is 17.3 Å². The molecular formula is C51H56N4O13. The van der Waals surface area contributed by atoms with Gasteiger partial charge in [-0.2, -0.15) is 0 Å². The molecule has 68 heavy (non-hydrogen) atoms. The Morgan fingerprint density at radius 3 is 2.37 bits per heavy atom. The molecule has 2 aliphatic heterocycles. The summed E-state index contributed by atoms with van der Waals surface area (Å²) in [5, 5.41) is 48.0. The maximum absolute atomic E-state index is 15.2. The van der Waals surface area contributed by atoms with Gasteiger partial charge in [0.05, 0.1) is 34.1 Å². The molecule has 2 heterocycles. The molecule has 1 fully saturated rings. The van der Waals surface area contributed by atoms with Crippen LogP contribution in [-0.2, 0) is 16.2 Å². The zero-order chi connectivity index (χ0) is 47.8. The predicted octanol–water partition coefficient (Wildman–Crippen LogP) is 9.41.